The van der Waals surface area contributed by atoms with Gasteiger partial charge in [-0.15, -0.1) is 0 Å². The van der Waals surface area contributed by atoms with Gasteiger partial charge in [0, 0.05) is 26.2 Å². The van der Waals surface area contributed by atoms with Crippen LogP contribution < -0.4 is 10.6 Å². The van der Waals surface area contributed by atoms with Gasteiger partial charge in [-0.1, -0.05) is 17.7 Å². The average molecular weight is 398 g/mol. The molecule has 1 aliphatic rings. The summed E-state index contributed by atoms with van der Waals surface area (Å²) in [4.78, 5) is 15.2. The van der Waals surface area contributed by atoms with Gasteiger partial charge in [-0.2, -0.15) is 4.31 Å². The van der Waals surface area contributed by atoms with E-state index in [1.807, 2.05) is 32.0 Å². The Bertz CT molecular complexity index is 1140. The van der Waals surface area contributed by atoms with Crippen LogP contribution in [0.2, 0.25) is 0 Å². The number of nitrogens with zero attached hydrogens (tertiary/aromatic N) is 5. The van der Waals surface area contributed by atoms with Crippen LogP contribution in [-0.2, 0) is 10.0 Å². The Morgan fingerprint density at radius 2 is 1.75 bits per heavy atom. The largest absolute Gasteiger partial charge is 0.384 e. The normalized spacial score (nSPS) is 15.9. The number of fused-ring (bicyclic) bond motifs is 1. The lowest BCUT2D eigenvalue weighted by atomic mass is 10.2. The molecule has 3 aromatic rings. The minimum absolute atomic E-state index is 0.374. The number of piperazine rings is 1. The van der Waals surface area contributed by atoms with E-state index >= 15 is 0 Å². The first-order chi connectivity index (χ1) is 13.4. The molecule has 0 radical (unpaired) electrons. The van der Waals surface area contributed by atoms with E-state index in [0.29, 0.717) is 42.5 Å². The lowest BCUT2D eigenvalue weighted by Gasteiger charge is -2.35. The molecule has 28 heavy (non-hydrogen) atoms. The van der Waals surface area contributed by atoms with Crippen molar-refractivity contribution in [2.24, 2.45) is 0 Å². The number of nitrogen functional groups attached to an aromatic ring is 1. The Morgan fingerprint density at radius 1 is 1.00 bits per heavy atom. The number of pyridine rings is 1. The topological polar surface area (TPSA) is 105 Å². The highest BCUT2D eigenvalue weighted by Crippen LogP contribution is 2.26. The summed E-state index contributed by atoms with van der Waals surface area (Å²) in [6.07, 6.45) is 1.46. The van der Waals surface area contributed by atoms with E-state index in [4.69, 9.17) is 5.73 Å². The van der Waals surface area contributed by atoms with Gasteiger partial charge in [0.25, 0.3) is 0 Å². The average Bonchev–Trinajstić information content (AvgIpc) is 2.67. The zero-order valence-corrected chi connectivity index (χ0v) is 16.6. The van der Waals surface area contributed by atoms with Crippen molar-refractivity contribution in [2.45, 2.75) is 18.7 Å². The SMILES string of the molecule is Cc1ccc(S(=O)(=O)N2CCN(c3ncnc4nc(N)ccc34)CC2)c(C)c1. The number of sulfonamides is 1. The first kappa shape index (κ1) is 18.6. The predicted octanol–water partition coefficient (Wildman–Crippen LogP) is 1.73. The molecule has 9 heteroatoms. The molecule has 0 unspecified atom stereocenters. The second-order valence-electron chi connectivity index (χ2n) is 6.96. The molecule has 0 aliphatic carbocycles. The maximum absolute atomic E-state index is 13.1. The van der Waals surface area contributed by atoms with Crippen molar-refractivity contribution in [1.29, 1.82) is 0 Å². The zero-order chi connectivity index (χ0) is 19.9. The molecule has 0 saturated carbocycles. The minimum atomic E-state index is -3.52. The lowest BCUT2D eigenvalue weighted by molar-refractivity contribution is 0.384. The van der Waals surface area contributed by atoms with Crippen LogP contribution in [0.5, 0.6) is 0 Å². The molecule has 1 saturated heterocycles. The molecule has 4 rings (SSSR count). The van der Waals surface area contributed by atoms with Crippen LogP contribution in [0, 0.1) is 13.8 Å². The van der Waals surface area contributed by atoms with E-state index in [1.165, 1.54) is 6.33 Å². The number of benzene rings is 1. The standard InChI is InChI=1S/C19H22N6O2S/c1-13-3-5-16(14(2)11-13)28(26,27)25-9-7-24(8-10-25)19-15-4-6-17(20)23-18(15)21-12-22-19/h3-6,11-12H,7-10H2,1-2H3,(H2,20,21,22,23). The molecule has 0 bridgehead atoms. The molecular formula is C19H22N6O2S. The van der Waals surface area contributed by atoms with E-state index in [9.17, 15) is 8.42 Å². The van der Waals surface area contributed by atoms with Crippen molar-refractivity contribution in [3.63, 3.8) is 0 Å². The molecule has 0 atom stereocenters. The molecule has 2 aromatic heterocycles. The van der Waals surface area contributed by atoms with Gasteiger partial charge in [-0.05, 0) is 37.6 Å². The third-order valence-electron chi connectivity index (χ3n) is 4.98. The van der Waals surface area contributed by atoms with Crippen molar-refractivity contribution < 1.29 is 8.42 Å². The molecule has 8 nitrogen and oxygen atoms in total. The second kappa shape index (κ2) is 6.99. The highest BCUT2D eigenvalue weighted by atomic mass is 32.2. The highest BCUT2D eigenvalue weighted by molar-refractivity contribution is 7.89. The first-order valence-electron chi connectivity index (χ1n) is 9.06. The summed E-state index contributed by atoms with van der Waals surface area (Å²) in [7, 11) is -3.52. The third kappa shape index (κ3) is 3.27. The Hall–Kier alpha value is -2.78. The van der Waals surface area contributed by atoms with E-state index < -0.39 is 10.0 Å². The fraction of sp³-hybridized carbons (Fsp3) is 0.316. The van der Waals surface area contributed by atoms with Crippen molar-refractivity contribution in [3.05, 3.63) is 47.8 Å². The van der Waals surface area contributed by atoms with Crippen molar-refractivity contribution in [3.8, 4) is 0 Å². The lowest BCUT2D eigenvalue weighted by Crippen LogP contribution is -2.49. The fourth-order valence-corrected chi connectivity index (χ4v) is 5.19. The van der Waals surface area contributed by atoms with Crippen LogP contribution in [0.25, 0.3) is 11.0 Å². The van der Waals surface area contributed by atoms with E-state index in [0.717, 1.165) is 22.3 Å². The van der Waals surface area contributed by atoms with Crippen molar-refractivity contribution >= 4 is 32.7 Å². The molecule has 2 N–H and O–H groups in total. The van der Waals surface area contributed by atoms with Crippen LogP contribution >= 0.6 is 0 Å². The Balaban J connectivity index is 1.57. The maximum Gasteiger partial charge on any atom is 0.243 e. The van der Waals surface area contributed by atoms with Crippen molar-refractivity contribution in [2.75, 3.05) is 36.8 Å². The molecule has 1 aliphatic heterocycles. The molecular weight excluding hydrogens is 376 g/mol. The van der Waals surface area contributed by atoms with Gasteiger partial charge >= 0.3 is 0 Å². The predicted molar refractivity (Wildman–Crippen MR) is 109 cm³/mol. The van der Waals surface area contributed by atoms with Gasteiger partial charge in [0.2, 0.25) is 10.0 Å². The Morgan fingerprint density at radius 3 is 2.46 bits per heavy atom. The molecule has 0 amide bonds. The van der Waals surface area contributed by atoms with Crippen LogP contribution in [0.1, 0.15) is 11.1 Å². The fourth-order valence-electron chi connectivity index (χ4n) is 3.56. The van der Waals surface area contributed by atoms with Crippen LogP contribution in [0.4, 0.5) is 11.6 Å². The first-order valence-corrected chi connectivity index (χ1v) is 10.5. The summed E-state index contributed by atoms with van der Waals surface area (Å²) >= 11 is 0. The number of anilines is 2. The monoisotopic (exact) mass is 398 g/mol. The smallest absolute Gasteiger partial charge is 0.243 e. The Kier molecular flexibility index (Phi) is 4.64. The van der Waals surface area contributed by atoms with Gasteiger partial charge in [0.1, 0.15) is 18.0 Å². The summed E-state index contributed by atoms with van der Waals surface area (Å²) in [5.41, 5.74) is 8.09. The van der Waals surface area contributed by atoms with Crippen LogP contribution in [0.15, 0.2) is 41.6 Å². The summed E-state index contributed by atoms with van der Waals surface area (Å²) in [5.74, 6) is 1.16. The minimum Gasteiger partial charge on any atom is -0.384 e. The Labute approximate surface area is 164 Å². The summed E-state index contributed by atoms with van der Waals surface area (Å²) < 4.78 is 27.7. The number of rotatable bonds is 3. The van der Waals surface area contributed by atoms with Gasteiger partial charge in [-0.25, -0.2) is 23.4 Å². The van der Waals surface area contributed by atoms with E-state index in [2.05, 4.69) is 19.9 Å². The quantitative estimate of drug-likeness (QED) is 0.716. The van der Waals surface area contributed by atoms with Gasteiger partial charge in [0.15, 0.2) is 5.65 Å². The van der Waals surface area contributed by atoms with E-state index in [1.54, 1.807) is 16.4 Å². The number of hydrogen-bond donors (Lipinski definition) is 1. The number of hydrogen-bond acceptors (Lipinski definition) is 7. The van der Waals surface area contributed by atoms with Crippen LogP contribution in [-0.4, -0.2) is 53.9 Å². The van der Waals surface area contributed by atoms with Crippen molar-refractivity contribution in [1.82, 2.24) is 19.3 Å². The van der Waals surface area contributed by atoms with E-state index in [-0.39, 0.29) is 0 Å². The molecule has 3 heterocycles. The summed E-state index contributed by atoms with van der Waals surface area (Å²) in [6.45, 7) is 5.66. The molecule has 1 fully saturated rings. The molecule has 1 aromatic carbocycles. The zero-order valence-electron chi connectivity index (χ0n) is 15.8. The number of nitrogens with two attached hydrogens (primary N) is 1. The molecule has 0 spiro atoms. The van der Waals surface area contributed by atoms with Gasteiger partial charge in [-0.3, -0.25) is 0 Å². The maximum atomic E-state index is 13.1. The second-order valence-corrected chi connectivity index (χ2v) is 8.87. The summed E-state index contributed by atoms with van der Waals surface area (Å²) in [6, 6.07) is 9.00. The molecule has 146 valence electrons. The third-order valence-corrected chi connectivity index (χ3v) is 7.04. The van der Waals surface area contributed by atoms with Gasteiger partial charge < -0.3 is 10.6 Å². The number of aromatic nitrogens is 3. The number of aryl methyl sites for hydroxylation is 2. The van der Waals surface area contributed by atoms with Crippen LogP contribution in [0.3, 0.4) is 0 Å². The summed E-state index contributed by atoms with van der Waals surface area (Å²) in [5, 5.41) is 0.808. The van der Waals surface area contributed by atoms with Gasteiger partial charge in [0.05, 0.1) is 10.3 Å². The highest BCUT2D eigenvalue weighted by Gasteiger charge is 2.30.